The van der Waals surface area contributed by atoms with Gasteiger partial charge in [0.1, 0.15) is 0 Å². The van der Waals surface area contributed by atoms with Crippen LogP contribution in [-0.2, 0) is 10.0 Å². The Balaban J connectivity index is 2.32. The Labute approximate surface area is 90.8 Å². The highest BCUT2D eigenvalue weighted by molar-refractivity contribution is 7.89. The van der Waals surface area contributed by atoms with Gasteiger partial charge in [-0.2, -0.15) is 4.31 Å². The maximum Gasteiger partial charge on any atom is 0.243 e. The molecule has 4 heteroatoms. The molecule has 3 nitrogen and oxygen atoms in total. The standard InChI is InChI=1S/C11H14NO2S/c1-10-4-6-11(7-5-10)15(13,14)12-8-2-3-9-12/h4-8H,2-3,9H2,1H3. The van der Waals surface area contributed by atoms with E-state index in [4.69, 9.17) is 0 Å². The van der Waals surface area contributed by atoms with Crippen LogP contribution < -0.4 is 0 Å². The van der Waals surface area contributed by atoms with E-state index in [0.29, 0.717) is 11.4 Å². The molecule has 0 amide bonds. The first kappa shape index (κ1) is 10.6. The van der Waals surface area contributed by atoms with Crippen molar-refractivity contribution in [1.29, 1.82) is 0 Å². The molecule has 81 valence electrons. The minimum atomic E-state index is -3.28. The van der Waals surface area contributed by atoms with Crippen LogP contribution in [0.15, 0.2) is 29.2 Å². The van der Waals surface area contributed by atoms with Crippen molar-refractivity contribution >= 4 is 10.0 Å². The first-order valence-corrected chi connectivity index (χ1v) is 6.46. The van der Waals surface area contributed by atoms with Crippen LogP contribution in [0.1, 0.15) is 18.4 Å². The molecule has 1 aliphatic rings. The molecule has 0 aliphatic carbocycles. The minimum absolute atomic E-state index is 0.381. The van der Waals surface area contributed by atoms with E-state index >= 15 is 0 Å². The number of rotatable bonds is 2. The molecule has 15 heavy (non-hydrogen) atoms. The fourth-order valence-electron chi connectivity index (χ4n) is 1.64. The molecule has 0 N–H and O–H groups in total. The van der Waals surface area contributed by atoms with Crippen molar-refractivity contribution in [3.8, 4) is 0 Å². The van der Waals surface area contributed by atoms with E-state index in [1.54, 1.807) is 18.7 Å². The Kier molecular flexibility index (Phi) is 2.80. The summed E-state index contributed by atoms with van der Waals surface area (Å²) in [6.07, 6.45) is 1.77. The summed E-state index contributed by atoms with van der Waals surface area (Å²) in [7, 11) is -3.28. The van der Waals surface area contributed by atoms with Gasteiger partial charge in [0, 0.05) is 13.1 Å². The first-order valence-electron chi connectivity index (χ1n) is 5.02. The average molecular weight is 224 g/mol. The molecule has 1 fully saturated rings. The third-order valence-electron chi connectivity index (χ3n) is 2.54. The van der Waals surface area contributed by atoms with Crippen molar-refractivity contribution in [2.45, 2.75) is 24.7 Å². The minimum Gasteiger partial charge on any atom is -0.207 e. The molecule has 0 spiro atoms. The first-order chi connectivity index (χ1) is 7.10. The molecule has 0 aromatic heterocycles. The molecule has 1 aromatic rings. The molecular weight excluding hydrogens is 210 g/mol. The Morgan fingerprint density at radius 1 is 1.20 bits per heavy atom. The summed E-state index contributed by atoms with van der Waals surface area (Å²) in [5, 5.41) is 0. The smallest absolute Gasteiger partial charge is 0.207 e. The molecule has 1 radical (unpaired) electrons. The molecule has 0 atom stereocenters. The van der Waals surface area contributed by atoms with Gasteiger partial charge in [-0.05, 0) is 31.9 Å². The normalized spacial score (nSPS) is 18.2. The second-order valence-electron chi connectivity index (χ2n) is 3.75. The summed E-state index contributed by atoms with van der Waals surface area (Å²) in [6.45, 7) is 4.31. The van der Waals surface area contributed by atoms with Crippen LogP contribution >= 0.6 is 0 Å². The summed E-state index contributed by atoms with van der Waals surface area (Å²) in [5.74, 6) is 0. The van der Waals surface area contributed by atoms with E-state index in [9.17, 15) is 8.42 Å². The summed E-state index contributed by atoms with van der Waals surface area (Å²) < 4.78 is 25.5. The third kappa shape index (κ3) is 2.06. The molecular formula is C11H14NO2S. The number of nitrogens with zero attached hydrogens (tertiary/aromatic N) is 1. The van der Waals surface area contributed by atoms with Crippen LogP contribution in [0.25, 0.3) is 0 Å². The summed E-state index contributed by atoms with van der Waals surface area (Å²) in [6, 6.07) is 6.97. The van der Waals surface area contributed by atoms with Crippen molar-refractivity contribution in [3.63, 3.8) is 0 Å². The fourth-order valence-corrected chi connectivity index (χ4v) is 3.06. The summed E-state index contributed by atoms with van der Waals surface area (Å²) in [4.78, 5) is 0.381. The lowest BCUT2D eigenvalue weighted by Crippen LogP contribution is -2.25. The zero-order chi connectivity index (χ0) is 10.9. The number of hydrogen-bond donors (Lipinski definition) is 0. The monoisotopic (exact) mass is 224 g/mol. The van der Waals surface area contributed by atoms with Crippen LogP contribution in [0, 0.1) is 13.5 Å². The van der Waals surface area contributed by atoms with Gasteiger partial charge >= 0.3 is 0 Å². The molecule has 2 rings (SSSR count). The van der Waals surface area contributed by atoms with Gasteiger partial charge in [0.15, 0.2) is 0 Å². The third-order valence-corrected chi connectivity index (χ3v) is 4.36. The summed E-state index contributed by atoms with van der Waals surface area (Å²) >= 11 is 0. The molecule has 1 heterocycles. The van der Waals surface area contributed by atoms with Gasteiger partial charge in [-0.15, -0.1) is 0 Å². The van der Waals surface area contributed by atoms with E-state index in [2.05, 4.69) is 0 Å². The summed E-state index contributed by atoms with van der Waals surface area (Å²) in [5.41, 5.74) is 1.07. The highest BCUT2D eigenvalue weighted by Gasteiger charge is 2.27. The SMILES string of the molecule is Cc1ccc(S(=O)(=O)N2[CH]CCC2)cc1. The van der Waals surface area contributed by atoms with Gasteiger partial charge in [0.05, 0.1) is 4.90 Å². The van der Waals surface area contributed by atoms with Gasteiger partial charge in [0.2, 0.25) is 10.0 Å². The topological polar surface area (TPSA) is 37.4 Å². The quantitative estimate of drug-likeness (QED) is 0.770. The number of hydrogen-bond acceptors (Lipinski definition) is 2. The van der Waals surface area contributed by atoms with Crippen molar-refractivity contribution < 1.29 is 8.42 Å². The van der Waals surface area contributed by atoms with Gasteiger partial charge in [-0.1, -0.05) is 17.7 Å². The zero-order valence-corrected chi connectivity index (χ0v) is 9.50. The molecule has 1 aliphatic heterocycles. The van der Waals surface area contributed by atoms with Crippen LogP contribution in [0.3, 0.4) is 0 Å². The van der Waals surface area contributed by atoms with Crippen LogP contribution in [0.2, 0.25) is 0 Å². The van der Waals surface area contributed by atoms with Crippen molar-refractivity contribution in [2.75, 3.05) is 6.54 Å². The lowest BCUT2D eigenvalue weighted by molar-refractivity contribution is 0.507. The second kappa shape index (κ2) is 3.94. The fraction of sp³-hybridized carbons (Fsp3) is 0.364. The van der Waals surface area contributed by atoms with E-state index in [1.165, 1.54) is 4.31 Å². The molecule has 0 saturated carbocycles. The van der Waals surface area contributed by atoms with Gasteiger partial charge in [-0.3, -0.25) is 0 Å². The van der Waals surface area contributed by atoms with Crippen LogP contribution in [-0.4, -0.2) is 19.3 Å². The predicted octanol–water partition coefficient (Wildman–Crippen LogP) is 1.94. The maximum absolute atomic E-state index is 12.0. The Bertz CT molecular complexity index is 430. The van der Waals surface area contributed by atoms with Crippen LogP contribution in [0.4, 0.5) is 0 Å². The maximum atomic E-state index is 12.0. The van der Waals surface area contributed by atoms with E-state index in [-0.39, 0.29) is 0 Å². The second-order valence-corrected chi connectivity index (χ2v) is 5.64. The number of aryl methyl sites for hydroxylation is 1. The Morgan fingerprint density at radius 2 is 1.87 bits per heavy atom. The van der Waals surface area contributed by atoms with Crippen molar-refractivity contribution in [2.24, 2.45) is 0 Å². The molecule has 1 aromatic carbocycles. The number of sulfonamides is 1. The molecule has 0 unspecified atom stereocenters. The molecule has 1 saturated heterocycles. The van der Waals surface area contributed by atoms with E-state index in [0.717, 1.165) is 18.4 Å². The van der Waals surface area contributed by atoms with Gasteiger partial charge < -0.3 is 0 Å². The largest absolute Gasteiger partial charge is 0.243 e. The number of benzene rings is 1. The van der Waals surface area contributed by atoms with Crippen molar-refractivity contribution in [3.05, 3.63) is 36.4 Å². The highest BCUT2D eigenvalue weighted by atomic mass is 32.2. The lowest BCUT2D eigenvalue weighted by Gasteiger charge is -2.14. The Morgan fingerprint density at radius 3 is 2.40 bits per heavy atom. The Hall–Kier alpha value is -0.870. The van der Waals surface area contributed by atoms with E-state index < -0.39 is 10.0 Å². The lowest BCUT2D eigenvalue weighted by atomic mass is 10.2. The van der Waals surface area contributed by atoms with Crippen LogP contribution in [0.5, 0.6) is 0 Å². The van der Waals surface area contributed by atoms with Gasteiger partial charge in [0.25, 0.3) is 0 Å². The highest BCUT2D eigenvalue weighted by Crippen LogP contribution is 2.23. The van der Waals surface area contributed by atoms with E-state index in [1.807, 2.05) is 19.1 Å². The van der Waals surface area contributed by atoms with Gasteiger partial charge in [-0.25, -0.2) is 8.42 Å². The average Bonchev–Trinajstić information content (AvgIpc) is 2.71. The molecule has 0 bridgehead atoms. The predicted molar refractivity (Wildman–Crippen MR) is 58.6 cm³/mol. The van der Waals surface area contributed by atoms with Crippen molar-refractivity contribution in [1.82, 2.24) is 4.31 Å². The zero-order valence-electron chi connectivity index (χ0n) is 8.68.